The molecule has 1 heterocycles. The average Bonchev–Trinajstić information content (AvgIpc) is 2.49. The molecule has 0 radical (unpaired) electrons. The zero-order valence-electron chi connectivity index (χ0n) is 13.3. The molecule has 21 heavy (non-hydrogen) atoms. The first kappa shape index (κ1) is 17.4. The van der Waals surface area contributed by atoms with Gasteiger partial charge in [-0.2, -0.15) is 9.97 Å². The molecule has 0 aliphatic rings. The molecule has 0 spiro atoms. The van der Waals surface area contributed by atoms with E-state index in [1.165, 1.54) is 19.3 Å². The van der Waals surface area contributed by atoms with Crippen LogP contribution in [-0.4, -0.2) is 27.7 Å². The molecule has 0 aliphatic heterocycles. The number of nitrogens with two attached hydrogens (primary N) is 1. The minimum Gasteiger partial charge on any atom is -0.463 e. The summed E-state index contributed by atoms with van der Waals surface area (Å²) in [7, 11) is 0. The zero-order chi connectivity index (χ0) is 15.5. The number of ether oxygens (including phenoxy) is 2. The van der Waals surface area contributed by atoms with Gasteiger partial charge in [0, 0.05) is 0 Å². The molecule has 1 unspecified atom stereocenters. The lowest BCUT2D eigenvalue weighted by Crippen LogP contribution is -2.17. The monoisotopic (exact) mass is 297 g/mol. The van der Waals surface area contributed by atoms with Crippen molar-refractivity contribution in [3.8, 4) is 12.0 Å². The maximum absolute atomic E-state index is 5.72. The van der Waals surface area contributed by atoms with Gasteiger partial charge in [-0.05, 0) is 26.2 Å². The van der Waals surface area contributed by atoms with Crippen molar-refractivity contribution in [2.45, 2.75) is 65.4 Å². The third kappa shape index (κ3) is 7.08. The summed E-state index contributed by atoms with van der Waals surface area (Å²) in [6.07, 6.45) is 6.75. The van der Waals surface area contributed by atoms with Crippen LogP contribution in [0.2, 0.25) is 0 Å². The molecule has 0 saturated carbocycles. The van der Waals surface area contributed by atoms with Crippen LogP contribution >= 0.6 is 0 Å². The third-order valence-corrected chi connectivity index (χ3v) is 2.93. The molecule has 1 rings (SSSR count). The maximum Gasteiger partial charge on any atom is 0.324 e. The Balaban J connectivity index is 2.55. The predicted molar refractivity (Wildman–Crippen MR) is 82.3 cm³/mol. The van der Waals surface area contributed by atoms with Crippen LogP contribution in [0.3, 0.4) is 0 Å². The highest BCUT2D eigenvalue weighted by atomic mass is 16.5. The van der Waals surface area contributed by atoms with Crippen molar-refractivity contribution in [3.05, 3.63) is 0 Å². The SMILES string of the molecule is CCCCCCC(C)Oc1nc(NN)nc(OCCC)n1. The van der Waals surface area contributed by atoms with Gasteiger partial charge >= 0.3 is 12.0 Å². The van der Waals surface area contributed by atoms with Crippen molar-refractivity contribution in [2.75, 3.05) is 12.0 Å². The molecule has 0 bridgehead atoms. The van der Waals surface area contributed by atoms with E-state index in [9.17, 15) is 0 Å². The molecule has 120 valence electrons. The summed E-state index contributed by atoms with van der Waals surface area (Å²) >= 11 is 0. The van der Waals surface area contributed by atoms with Crippen molar-refractivity contribution in [3.63, 3.8) is 0 Å². The first-order chi connectivity index (χ1) is 10.2. The molecule has 1 atom stereocenters. The van der Waals surface area contributed by atoms with Gasteiger partial charge in [0.05, 0.1) is 12.7 Å². The Morgan fingerprint density at radius 1 is 1.05 bits per heavy atom. The highest BCUT2D eigenvalue weighted by Gasteiger charge is 2.11. The highest BCUT2D eigenvalue weighted by molar-refractivity contribution is 5.25. The second kappa shape index (κ2) is 10.1. The number of hydrazine groups is 1. The van der Waals surface area contributed by atoms with E-state index in [4.69, 9.17) is 15.3 Å². The fourth-order valence-electron chi connectivity index (χ4n) is 1.81. The van der Waals surface area contributed by atoms with Crippen LogP contribution in [0.15, 0.2) is 0 Å². The number of hydrogen-bond acceptors (Lipinski definition) is 7. The summed E-state index contributed by atoms with van der Waals surface area (Å²) < 4.78 is 11.1. The van der Waals surface area contributed by atoms with Crippen molar-refractivity contribution < 1.29 is 9.47 Å². The largest absolute Gasteiger partial charge is 0.463 e. The Labute approximate surface area is 126 Å². The number of aromatic nitrogens is 3. The summed E-state index contributed by atoms with van der Waals surface area (Å²) in [5.41, 5.74) is 2.40. The topological polar surface area (TPSA) is 95.2 Å². The quantitative estimate of drug-likeness (QED) is 0.368. The van der Waals surface area contributed by atoms with Crippen LogP contribution in [0.25, 0.3) is 0 Å². The van der Waals surface area contributed by atoms with Crippen LogP contribution in [-0.2, 0) is 0 Å². The Morgan fingerprint density at radius 2 is 1.81 bits per heavy atom. The number of rotatable bonds is 11. The maximum atomic E-state index is 5.72. The molecule has 7 nitrogen and oxygen atoms in total. The number of anilines is 1. The molecule has 0 aliphatic carbocycles. The third-order valence-electron chi connectivity index (χ3n) is 2.93. The minimum atomic E-state index is 0.0499. The molecular weight excluding hydrogens is 270 g/mol. The Kier molecular flexibility index (Phi) is 8.42. The van der Waals surface area contributed by atoms with Crippen molar-refractivity contribution in [1.82, 2.24) is 15.0 Å². The van der Waals surface area contributed by atoms with Gasteiger partial charge in [0.25, 0.3) is 0 Å². The fourth-order valence-corrected chi connectivity index (χ4v) is 1.81. The van der Waals surface area contributed by atoms with Gasteiger partial charge < -0.3 is 9.47 Å². The molecule has 0 fully saturated rings. The van der Waals surface area contributed by atoms with Crippen LogP contribution in [0.1, 0.15) is 59.3 Å². The lowest BCUT2D eigenvalue weighted by atomic mass is 10.1. The molecule has 1 aromatic heterocycles. The van der Waals surface area contributed by atoms with Gasteiger partial charge in [-0.1, -0.05) is 33.1 Å². The summed E-state index contributed by atoms with van der Waals surface area (Å²) in [4.78, 5) is 12.2. The van der Waals surface area contributed by atoms with Crippen LogP contribution in [0, 0.1) is 0 Å². The normalized spacial score (nSPS) is 12.0. The van der Waals surface area contributed by atoms with E-state index in [1.807, 2.05) is 13.8 Å². The Hall–Kier alpha value is -1.63. The van der Waals surface area contributed by atoms with E-state index < -0.39 is 0 Å². The van der Waals surface area contributed by atoms with E-state index in [2.05, 4.69) is 27.3 Å². The van der Waals surface area contributed by atoms with Crippen molar-refractivity contribution >= 4 is 5.95 Å². The second-order valence-electron chi connectivity index (χ2n) is 4.99. The van der Waals surface area contributed by atoms with Gasteiger partial charge in [0.2, 0.25) is 5.95 Å². The van der Waals surface area contributed by atoms with Gasteiger partial charge in [-0.25, -0.2) is 5.84 Å². The van der Waals surface area contributed by atoms with Crippen LogP contribution < -0.4 is 20.7 Å². The fraction of sp³-hybridized carbons (Fsp3) is 0.786. The highest BCUT2D eigenvalue weighted by Crippen LogP contribution is 2.16. The molecule has 0 saturated heterocycles. The Bertz CT molecular complexity index is 403. The van der Waals surface area contributed by atoms with E-state index in [0.717, 1.165) is 19.3 Å². The minimum absolute atomic E-state index is 0.0499. The van der Waals surface area contributed by atoms with Crippen LogP contribution in [0.4, 0.5) is 5.95 Å². The Morgan fingerprint density at radius 3 is 2.48 bits per heavy atom. The smallest absolute Gasteiger partial charge is 0.324 e. The van der Waals surface area contributed by atoms with E-state index >= 15 is 0 Å². The van der Waals surface area contributed by atoms with Gasteiger partial charge in [-0.15, -0.1) is 4.98 Å². The van der Waals surface area contributed by atoms with Gasteiger partial charge in [-0.3, -0.25) is 5.43 Å². The molecule has 7 heteroatoms. The number of nitrogens with one attached hydrogen (secondary N) is 1. The summed E-state index contributed by atoms with van der Waals surface area (Å²) in [6, 6.07) is 0.472. The molecule has 0 amide bonds. The first-order valence-electron chi connectivity index (χ1n) is 7.71. The van der Waals surface area contributed by atoms with E-state index in [0.29, 0.717) is 6.61 Å². The second-order valence-corrected chi connectivity index (χ2v) is 4.99. The van der Waals surface area contributed by atoms with Crippen LogP contribution in [0.5, 0.6) is 12.0 Å². The standard InChI is InChI=1S/C14H27N5O2/c1-4-6-7-8-9-11(3)21-14-17-12(19-15)16-13(18-14)20-10-5-2/h11H,4-10,15H2,1-3H3,(H,16,17,18,19). The first-order valence-corrected chi connectivity index (χ1v) is 7.71. The predicted octanol–water partition coefficient (Wildman–Crippen LogP) is 2.68. The molecule has 0 aromatic carbocycles. The lowest BCUT2D eigenvalue weighted by Gasteiger charge is -2.14. The number of unbranched alkanes of at least 4 members (excludes halogenated alkanes) is 3. The zero-order valence-corrected chi connectivity index (χ0v) is 13.3. The molecular formula is C14H27N5O2. The van der Waals surface area contributed by atoms with E-state index in [1.54, 1.807) is 0 Å². The lowest BCUT2D eigenvalue weighted by molar-refractivity contribution is 0.184. The summed E-state index contributed by atoms with van der Waals surface area (Å²) in [5, 5.41) is 0. The number of nitrogen functional groups attached to an aromatic ring is 1. The molecule has 1 aromatic rings. The van der Waals surface area contributed by atoms with Crippen molar-refractivity contribution in [1.29, 1.82) is 0 Å². The number of nitrogens with zero attached hydrogens (tertiary/aromatic N) is 3. The average molecular weight is 297 g/mol. The summed E-state index contributed by atoms with van der Waals surface area (Å²) in [5.74, 6) is 5.59. The van der Waals surface area contributed by atoms with Gasteiger partial charge in [0.15, 0.2) is 0 Å². The number of hydrogen-bond donors (Lipinski definition) is 2. The van der Waals surface area contributed by atoms with Crippen molar-refractivity contribution in [2.24, 2.45) is 5.84 Å². The van der Waals surface area contributed by atoms with Gasteiger partial charge in [0.1, 0.15) is 0 Å². The molecule has 3 N–H and O–H groups in total. The summed E-state index contributed by atoms with van der Waals surface area (Å²) in [6.45, 7) is 6.76. The van der Waals surface area contributed by atoms with E-state index in [-0.39, 0.29) is 24.1 Å².